The maximum absolute atomic E-state index is 7.23. The molecule has 0 amide bonds. The first kappa shape index (κ1) is 10.7. The number of nitrogens with two attached hydrogens (primary N) is 3. The molecule has 0 fully saturated rings. The summed E-state index contributed by atoms with van der Waals surface area (Å²) in [5, 5.41) is 17.4. The molecule has 0 aliphatic rings. The van der Waals surface area contributed by atoms with Crippen LogP contribution in [-0.2, 0) is 0 Å². The maximum Gasteiger partial charge on any atom is 0.212 e. The molecule has 0 heterocycles. The van der Waals surface area contributed by atoms with Crippen molar-refractivity contribution < 1.29 is 0 Å². The van der Waals surface area contributed by atoms with Gasteiger partial charge in [-0.2, -0.15) is 0 Å². The minimum absolute atomic E-state index is 0.101. The van der Waals surface area contributed by atoms with Crippen molar-refractivity contribution >= 4 is 11.9 Å². The number of rotatable bonds is 3. The second-order valence-corrected chi connectivity index (χ2v) is 2.22. The van der Waals surface area contributed by atoms with Crippen LogP contribution in [0.4, 0.5) is 0 Å². The number of nitrogens with zero attached hydrogens (tertiary/aromatic N) is 1. The Labute approximate surface area is 70.9 Å². The van der Waals surface area contributed by atoms with E-state index in [2.05, 4.69) is 5.32 Å². The predicted molar refractivity (Wildman–Crippen MR) is 47.3 cm³/mol. The minimum Gasteiger partial charge on any atom is -0.370 e. The van der Waals surface area contributed by atoms with Crippen molar-refractivity contribution in [1.29, 1.82) is 10.8 Å². The molecule has 0 saturated heterocycles. The zero-order chi connectivity index (χ0) is 9.56. The highest BCUT2D eigenvalue weighted by atomic mass is 15.5. The quantitative estimate of drug-likeness (QED) is 0.126. The van der Waals surface area contributed by atoms with Gasteiger partial charge in [-0.05, 0) is 13.0 Å². The zero-order valence-corrected chi connectivity index (χ0v) is 6.80. The van der Waals surface area contributed by atoms with Crippen LogP contribution in [0.25, 0.3) is 0 Å². The van der Waals surface area contributed by atoms with Crippen LogP contribution >= 0.6 is 0 Å². The smallest absolute Gasteiger partial charge is 0.212 e. The third-order valence-electron chi connectivity index (χ3n) is 1.14. The predicted octanol–water partition coefficient (Wildman–Crippen LogP) is -2.07. The van der Waals surface area contributed by atoms with Gasteiger partial charge < -0.3 is 11.5 Å². The largest absolute Gasteiger partial charge is 0.370 e. The lowest BCUT2D eigenvalue weighted by atomic mass is 10.4. The van der Waals surface area contributed by atoms with Crippen molar-refractivity contribution in [3.8, 4) is 0 Å². The SMILES string of the molecule is N=C(N)NC(=N)N(N)CCCN. The molecular weight excluding hydrogens is 158 g/mol. The maximum atomic E-state index is 7.23. The fourth-order valence-electron chi connectivity index (χ4n) is 0.573. The summed E-state index contributed by atoms with van der Waals surface area (Å²) in [6.07, 6.45) is 0.693. The Kier molecular flexibility index (Phi) is 4.73. The molecular formula is C5H15N7. The van der Waals surface area contributed by atoms with Gasteiger partial charge in [-0.15, -0.1) is 0 Å². The molecule has 0 atom stereocenters. The second kappa shape index (κ2) is 5.33. The summed E-state index contributed by atoms with van der Waals surface area (Å²) in [5.74, 6) is 4.99. The van der Waals surface area contributed by atoms with Crippen molar-refractivity contribution in [2.45, 2.75) is 6.42 Å². The molecule has 0 aromatic carbocycles. The van der Waals surface area contributed by atoms with Crippen LogP contribution in [0.5, 0.6) is 0 Å². The van der Waals surface area contributed by atoms with Gasteiger partial charge in [0.05, 0.1) is 0 Å². The standard InChI is InChI=1S/C5H15N7/c6-2-1-3-12(10)5(9)11-4(7)8/h1-3,6,10H2,(H5,7,8,9,11). The highest BCUT2D eigenvalue weighted by molar-refractivity contribution is 5.94. The highest BCUT2D eigenvalue weighted by Gasteiger charge is 2.03. The minimum atomic E-state index is -0.303. The molecule has 7 heteroatoms. The van der Waals surface area contributed by atoms with Gasteiger partial charge >= 0.3 is 0 Å². The Balaban J connectivity index is 3.69. The number of nitrogens with one attached hydrogen (secondary N) is 3. The Morgan fingerprint density at radius 2 is 2.00 bits per heavy atom. The fraction of sp³-hybridized carbons (Fsp3) is 0.600. The molecule has 7 nitrogen and oxygen atoms in total. The highest BCUT2D eigenvalue weighted by Crippen LogP contribution is 1.81. The molecule has 0 bridgehead atoms. The van der Waals surface area contributed by atoms with Crippen LogP contribution in [-0.4, -0.2) is 30.0 Å². The van der Waals surface area contributed by atoms with Crippen molar-refractivity contribution in [1.82, 2.24) is 10.3 Å². The van der Waals surface area contributed by atoms with Crippen LogP contribution in [0.15, 0.2) is 0 Å². The second-order valence-electron chi connectivity index (χ2n) is 2.22. The van der Waals surface area contributed by atoms with Crippen LogP contribution in [0.3, 0.4) is 0 Å². The van der Waals surface area contributed by atoms with E-state index < -0.39 is 0 Å². The van der Waals surface area contributed by atoms with Gasteiger partial charge in [0.2, 0.25) is 5.96 Å². The molecule has 70 valence electrons. The van der Waals surface area contributed by atoms with E-state index >= 15 is 0 Å². The number of hydrogen-bond donors (Lipinski definition) is 6. The van der Waals surface area contributed by atoms with E-state index in [4.69, 9.17) is 28.1 Å². The Morgan fingerprint density at radius 3 is 2.42 bits per heavy atom. The molecule has 12 heavy (non-hydrogen) atoms. The zero-order valence-electron chi connectivity index (χ0n) is 6.80. The summed E-state index contributed by atoms with van der Waals surface area (Å²) in [4.78, 5) is 0. The lowest BCUT2D eigenvalue weighted by molar-refractivity contribution is 0.419. The average molecular weight is 173 g/mol. The van der Waals surface area contributed by atoms with Gasteiger partial charge in [-0.25, -0.2) is 5.84 Å². The lowest BCUT2D eigenvalue weighted by Crippen LogP contribution is -2.49. The third kappa shape index (κ3) is 4.47. The molecule has 0 aliphatic heterocycles. The molecule has 0 aromatic heterocycles. The summed E-state index contributed by atoms with van der Waals surface area (Å²) in [6.45, 7) is 0.983. The molecule has 0 aromatic rings. The number of hydrazine groups is 1. The van der Waals surface area contributed by atoms with E-state index in [9.17, 15) is 0 Å². The van der Waals surface area contributed by atoms with Crippen molar-refractivity contribution in [2.75, 3.05) is 13.1 Å². The monoisotopic (exact) mass is 173 g/mol. The first-order chi connectivity index (χ1) is 5.57. The van der Waals surface area contributed by atoms with Crippen molar-refractivity contribution in [3.63, 3.8) is 0 Å². The average Bonchev–Trinajstić information content (AvgIpc) is 1.98. The Morgan fingerprint density at radius 1 is 1.42 bits per heavy atom. The van der Waals surface area contributed by atoms with E-state index in [1.807, 2.05) is 0 Å². The summed E-state index contributed by atoms with van der Waals surface area (Å²) < 4.78 is 0. The fourth-order valence-corrected chi connectivity index (χ4v) is 0.573. The topological polar surface area (TPSA) is 141 Å². The van der Waals surface area contributed by atoms with E-state index in [-0.39, 0.29) is 11.9 Å². The molecule has 0 spiro atoms. The van der Waals surface area contributed by atoms with Gasteiger partial charge in [0, 0.05) is 6.54 Å². The summed E-state index contributed by atoms with van der Waals surface area (Å²) >= 11 is 0. The Bertz CT molecular complexity index is 165. The van der Waals surface area contributed by atoms with Gasteiger partial charge in [0.15, 0.2) is 5.96 Å². The lowest BCUT2D eigenvalue weighted by Gasteiger charge is -2.18. The Hall–Kier alpha value is -1.34. The van der Waals surface area contributed by atoms with Crippen LogP contribution < -0.4 is 22.6 Å². The normalized spacial score (nSPS) is 9.17. The van der Waals surface area contributed by atoms with Gasteiger partial charge in [-0.1, -0.05) is 0 Å². The van der Waals surface area contributed by atoms with E-state index in [1.54, 1.807) is 0 Å². The van der Waals surface area contributed by atoms with E-state index in [0.29, 0.717) is 19.5 Å². The molecule has 9 N–H and O–H groups in total. The first-order valence-corrected chi connectivity index (χ1v) is 3.49. The third-order valence-corrected chi connectivity index (χ3v) is 1.14. The van der Waals surface area contributed by atoms with Crippen molar-refractivity contribution in [2.24, 2.45) is 17.3 Å². The summed E-state index contributed by atoms with van der Waals surface area (Å²) in [7, 11) is 0. The molecule has 0 unspecified atom stereocenters. The van der Waals surface area contributed by atoms with Crippen LogP contribution in [0, 0.1) is 10.8 Å². The van der Waals surface area contributed by atoms with Crippen molar-refractivity contribution in [3.05, 3.63) is 0 Å². The number of hydrogen-bond acceptors (Lipinski definition) is 4. The molecule has 0 saturated carbocycles. The van der Waals surface area contributed by atoms with Crippen LogP contribution in [0.1, 0.15) is 6.42 Å². The molecule has 0 rings (SSSR count). The van der Waals surface area contributed by atoms with Gasteiger partial charge in [0.1, 0.15) is 0 Å². The van der Waals surface area contributed by atoms with Gasteiger partial charge in [0.25, 0.3) is 0 Å². The molecule has 0 aliphatic carbocycles. The summed E-state index contributed by atoms with van der Waals surface area (Å²) in [6, 6.07) is 0. The molecule has 0 radical (unpaired) electrons. The first-order valence-electron chi connectivity index (χ1n) is 3.49. The van der Waals surface area contributed by atoms with E-state index in [0.717, 1.165) is 5.01 Å². The summed E-state index contributed by atoms with van der Waals surface area (Å²) in [5.41, 5.74) is 10.2. The van der Waals surface area contributed by atoms with E-state index in [1.165, 1.54) is 0 Å². The van der Waals surface area contributed by atoms with Crippen LogP contribution in [0.2, 0.25) is 0 Å². The number of guanidine groups is 2. The van der Waals surface area contributed by atoms with Gasteiger partial charge in [-0.3, -0.25) is 21.1 Å².